The first-order valence-electron chi connectivity index (χ1n) is 4.99. The van der Waals surface area contributed by atoms with Gasteiger partial charge in [0, 0.05) is 19.6 Å². The van der Waals surface area contributed by atoms with Crippen LogP contribution in [0.5, 0.6) is 0 Å². The Kier molecular flexibility index (Phi) is 2.63. The molecule has 1 saturated carbocycles. The number of hydrogen-bond donors (Lipinski definition) is 1. The minimum atomic E-state index is 0.694. The van der Waals surface area contributed by atoms with E-state index in [9.17, 15) is 0 Å². The lowest BCUT2D eigenvalue weighted by atomic mass is 10.4. The molecular formula is C10H16N4. The molecule has 1 aliphatic carbocycles. The van der Waals surface area contributed by atoms with Gasteiger partial charge in [0.2, 0.25) is 0 Å². The number of rotatable bonds is 4. The molecule has 1 aromatic rings. The molecule has 1 N–H and O–H groups in total. The first-order chi connectivity index (χ1) is 6.81. The Morgan fingerprint density at radius 2 is 2.21 bits per heavy atom. The summed E-state index contributed by atoms with van der Waals surface area (Å²) in [4.78, 5) is 10.9. The van der Waals surface area contributed by atoms with Crippen LogP contribution in [0.25, 0.3) is 0 Å². The lowest BCUT2D eigenvalue weighted by Crippen LogP contribution is -2.21. The maximum absolute atomic E-state index is 4.38. The van der Waals surface area contributed by atoms with Gasteiger partial charge in [0.1, 0.15) is 5.82 Å². The predicted molar refractivity (Wildman–Crippen MR) is 56.2 cm³/mol. The molecule has 1 fully saturated rings. The van der Waals surface area contributed by atoms with Crippen molar-refractivity contribution < 1.29 is 0 Å². The molecule has 0 unspecified atom stereocenters. The normalized spacial score (nSPS) is 15.6. The molecule has 0 aromatic carbocycles. The Morgan fingerprint density at radius 1 is 1.43 bits per heavy atom. The van der Waals surface area contributed by atoms with Crippen molar-refractivity contribution in [2.24, 2.45) is 0 Å². The van der Waals surface area contributed by atoms with Gasteiger partial charge in [-0.3, -0.25) is 4.98 Å². The molecule has 0 amide bonds. The highest BCUT2D eigenvalue weighted by Gasteiger charge is 2.27. The first-order valence-corrected chi connectivity index (χ1v) is 4.99. The zero-order valence-corrected chi connectivity index (χ0v) is 8.70. The number of aromatic nitrogens is 2. The van der Waals surface area contributed by atoms with Crippen LogP contribution < -0.4 is 10.2 Å². The van der Waals surface area contributed by atoms with Crippen molar-refractivity contribution in [3.05, 3.63) is 18.1 Å². The SMILES string of the molecule is CNCc1cnc(N(C)C2CC2)cn1. The third-order valence-corrected chi connectivity index (χ3v) is 2.51. The Hall–Kier alpha value is -1.16. The lowest BCUT2D eigenvalue weighted by molar-refractivity contribution is 0.779. The van der Waals surface area contributed by atoms with E-state index in [1.165, 1.54) is 12.8 Å². The van der Waals surface area contributed by atoms with Crippen molar-refractivity contribution in [3.63, 3.8) is 0 Å². The smallest absolute Gasteiger partial charge is 0.147 e. The summed E-state index contributed by atoms with van der Waals surface area (Å²) in [6.07, 6.45) is 6.27. The van der Waals surface area contributed by atoms with Crippen LogP contribution in [-0.2, 0) is 6.54 Å². The number of nitrogens with one attached hydrogen (secondary N) is 1. The largest absolute Gasteiger partial charge is 0.355 e. The Balaban J connectivity index is 2.04. The second-order valence-corrected chi connectivity index (χ2v) is 3.74. The topological polar surface area (TPSA) is 41.1 Å². The molecule has 1 aromatic heterocycles. The van der Waals surface area contributed by atoms with Crippen molar-refractivity contribution in [3.8, 4) is 0 Å². The minimum Gasteiger partial charge on any atom is -0.355 e. The summed E-state index contributed by atoms with van der Waals surface area (Å²) in [7, 11) is 3.99. The monoisotopic (exact) mass is 192 g/mol. The molecule has 4 nitrogen and oxygen atoms in total. The molecule has 1 aliphatic rings. The summed E-state index contributed by atoms with van der Waals surface area (Å²) >= 11 is 0. The van der Waals surface area contributed by atoms with E-state index < -0.39 is 0 Å². The van der Waals surface area contributed by atoms with Gasteiger partial charge in [0.05, 0.1) is 18.1 Å². The molecule has 0 bridgehead atoms. The van der Waals surface area contributed by atoms with Gasteiger partial charge in [0.15, 0.2) is 0 Å². The third kappa shape index (κ3) is 2.01. The zero-order chi connectivity index (χ0) is 9.97. The molecule has 2 rings (SSSR count). The quantitative estimate of drug-likeness (QED) is 0.766. The van der Waals surface area contributed by atoms with Gasteiger partial charge in [-0.2, -0.15) is 0 Å². The molecular weight excluding hydrogens is 176 g/mol. The summed E-state index contributed by atoms with van der Waals surface area (Å²) in [5.41, 5.74) is 0.987. The summed E-state index contributed by atoms with van der Waals surface area (Å²) in [5.74, 6) is 0.979. The highest BCUT2D eigenvalue weighted by atomic mass is 15.2. The van der Waals surface area contributed by atoms with Crippen LogP contribution in [0, 0.1) is 0 Å². The van der Waals surface area contributed by atoms with E-state index in [1.54, 1.807) is 0 Å². The average molecular weight is 192 g/mol. The number of nitrogens with zero attached hydrogens (tertiary/aromatic N) is 3. The van der Waals surface area contributed by atoms with E-state index in [0.29, 0.717) is 6.04 Å². The molecule has 0 aliphatic heterocycles. The second kappa shape index (κ2) is 3.92. The van der Waals surface area contributed by atoms with Crippen molar-refractivity contribution >= 4 is 5.82 Å². The molecule has 0 radical (unpaired) electrons. The van der Waals surface area contributed by atoms with Gasteiger partial charge in [0.25, 0.3) is 0 Å². The maximum atomic E-state index is 4.38. The van der Waals surface area contributed by atoms with Gasteiger partial charge in [-0.15, -0.1) is 0 Å². The van der Waals surface area contributed by atoms with Crippen LogP contribution in [-0.4, -0.2) is 30.1 Å². The lowest BCUT2D eigenvalue weighted by Gasteiger charge is -2.16. The van der Waals surface area contributed by atoms with E-state index in [-0.39, 0.29) is 0 Å². The second-order valence-electron chi connectivity index (χ2n) is 3.74. The maximum Gasteiger partial charge on any atom is 0.147 e. The van der Waals surface area contributed by atoms with E-state index >= 15 is 0 Å². The summed E-state index contributed by atoms with van der Waals surface area (Å²) in [6.45, 7) is 0.778. The Bertz CT molecular complexity index is 291. The van der Waals surface area contributed by atoms with E-state index in [2.05, 4.69) is 27.2 Å². The van der Waals surface area contributed by atoms with Gasteiger partial charge in [-0.1, -0.05) is 0 Å². The van der Waals surface area contributed by atoms with Gasteiger partial charge < -0.3 is 10.2 Å². The van der Waals surface area contributed by atoms with Crippen molar-refractivity contribution in [1.29, 1.82) is 0 Å². The fourth-order valence-corrected chi connectivity index (χ4v) is 1.45. The highest BCUT2D eigenvalue weighted by Crippen LogP contribution is 2.28. The fraction of sp³-hybridized carbons (Fsp3) is 0.600. The third-order valence-electron chi connectivity index (χ3n) is 2.51. The molecule has 4 heteroatoms. The standard InChI is InChI=1S/C10H16N4/c1-11-5-8-6-13-10(7-12-8)14(2)9-3-4-9/h6-7,9,11H,3-5H2,1-2H3. The minimum absolute atomic E-state index is 0.694. The molecule has 76 valence electrons. The summed E-state index contributed by atoms with van der Waals surface area (Å²) in [6, 6.07) is 0.694. The van der Waals surface area contributed by atoms with Crippen molar-refractivity contribution in [2.75, 3.05) is 19.0 Å². The van der Waals surface area contributed by atoms with Gasteiger partial charge in [-0.25, -0.2) is 4.98 Å². The molecule has 0 spiro atoms. The summed E-state index contributed by atoms with van der Waals surface area (Å²) < 4.78 is 0. The molecule has 14 heavy (non-hydrogen) atoms. The van der Waals surface area contributed by atoms with Crippen LogP contribution in [0.15, 0.2) is 12.4 Å². The van der Waals surface area contributed by atoms with Crippen molar-refractivity contribution in [1.82, 2.24) is 15.3 Å². The Labute approximate surface area is 84.4 Å². The van der Waals surface area contributed by atoms with Crippen molar-refractivity contribution in [2.45, 2.75) is 25.4 Å². The highest BCUT2D eigenvalue weighted by molar-refractivity contribution is 5.37. The number of hydrogen-bond acceptors (Lipinski definition) is 4. The molecule has 0 atom stereocenters. The number of anilines is 1. The summed E-state index contributed by atoms with van der Waals surface area (Å²) in [5, 5.41) is 3.05. The average Bonchev–Trinajstić information content (AvgIpc) is 3.02. The van der Waals surface area contributed by atoms with E-state index in [1.807, 2.05) is 19.4 Å². The van der Waals surface area contributed by atoms with Crippen LogP contribution >= 0.6 is 0 Å². The van der Waals surface area contributed by atoms with Crippen LogP contribution in [0.1, 0.15) is 18.5 Å². The van der Waals surface area contributed by atoms with E-state index in [0.717, 1.165) is 18.1 Å². The Morgan fingerprint density at radius 3 is 2.71 bits per heavy atom. The van der Waals surface area contributed by atoms with Crippen LogP contribution in [0.2, 0.25) is 0 Å². The van der Waals surface area contributed by atoms with E-state index in [4.69, 9.17) is 0 Å². The zero-order valence-electron chi connectivity index (χ0n) is 8.70. The first kappa shape index (κ1) is 9.40. The molecule has 0 saturated heterocycles. The van der Waals surface area contributed by atoms with Gasteiger partial charge >= 0.3 is 0 Å². The molecule has 1 heterocycles. The predicted octanol–water partition coefficient (Wildman–Crippen LogP) is 0.795. The van der Waals surface area contributed by atoms with Crippen LogP contribution in [0.4, 0.5) is 5.82 Å². The van der Waals surface area contributed by atoms with Gasteiger partial charge in [-0.05, 0) is 19.9 Å². The van der Waals surface area contributed by atoms with Crippen LogP contribution in [0.3, 0.4) is 0 Å². The fourth-order valence-electron chi connectivity index (χ4n) is 1.45.